The number of ether oxygens (including phenoxy) is 2. The van der Waals surface area contributed by atoms with Crippen molar-refractivity contribution in [1.82, 2.24) is 4.90 Å². The number of alkyl halides is 2. The lowest BCUT2D eigenvalue weighted by molar-refractivity contribution is -0.0493. The predicted molar refractivity (Wildman–Crippen MR) is 93.8 cm³/mol. The van der Waals surface area contributed by atoms with Crippen molar-refractivity contribution in [2.24, 2.45) is 0 Å². The lowest BCUT2D eigenvalue weighted by atomic mass is 10.00. The third-order valence-electron chi connectivity index (χ3n) is 4.13. The van der Waals surface area contributed by atoms with Crippen molar-refractivity contribution in [3.8, 4) is 11.5 Å². The van der Waals surface area contributed by atoms with Crippen LogP contribution in [0.2, 0.25) is 0 Å². The molecule has 0 atom stereocenters. The first kappa shape index (κ1) is 18.0. The molecule has 26 heavy (non-hydrogen) atoms. The van der Waals surface area contributed by atoms with Gasteiger partial charge in [-0.15, -0.1) is 0 Å². The SMILES string of the molecule is CCOc1ccc2c(c1)CN(C(=O)Nc1ccccc1OC(F)F)CC2. The predicted octanol–water partition coefficient (Wildman–Crippen LogP) is 4.28. The number of rotatable bonds is 5. The summed E-state index contributed by atoms with van der Waals surface area (Å²) >= 11 is 0. The van der Waals surface area contributed by atoms with Crippen LogP contribution in [0.15, 0.2) is 42.5 Å². The summed E-state index contributed by atoms with van der Waals surface area (Å²) < 4.78 is 35.0. The number of amides is 2. The van der Waals surface area contributed by atoms with Crippen LogP contribution >= 0.6 is 0 Å². The van der Waals surface area contributed by atoms with E-state index < -0.39 is 6.61 Å². The minimum Gasteiger partial charge on any atom is -0.494 e. The van der Waals surface area contributed by atoms with Gasteiger partial charge in [-0.25, -0.2) is 4.79 Å². The number of anilines is 1. The van der Waals surface area contributed by atoms with E-state index >= 15 is 0 Å². The Hall–Kier alpha value is -2.83. The molecule has 0 bridgehead atoms. The molecule has 1 heterocycles. The fourth-order valence-electron chi connectivity index (χ4n) is 2.93. The van der Waals surface area contributed by atoms with E-state index in [1.807, 2.05) is 25.1 Å². The molecule has 2 aromatic rings. The van der Waals surface area contributed by atoms with Crippen LogP contribution in [-0.2, 0) is 13.0 Å². The molecule has 0 spiro atoms. The molecule has 1 aliphatic heterocycles. The molecule has 1 aliphatic rings. The molecule has 0 aliphatic carbocycles. The molecule has 0 saturated heterocycles. The van der Waals surface area contributed by atoms with Crippen LogP contribution in [0.1, 0.15) is 18.1 Å². The van der Waals surface area contributed by atoms with Crippen molar-refractivity contribution in [2.45, 2.75) is 26.5 Å². The van der Waals surface area contributed by atoms with E-state index in [4.69, 9.17) is 4.74 Å². The third-order valence-corrected chi connectivity index (χ3v) is 4.13. The maximum atomic E-state index is 12.6. The lowest BCUT2D eigenvalue weighted by Gasteiger charge is -2.29. The van der Waals surface area contributed by atoms with E-state index in [2.05, 4.69) is 10.1 Å². The minimum absolute atomic E-state index is 0.0631. The van der Waals surface area contributed by atoms with E-state index in [1.165, 1.54) is 17.7 Å². The Bertz CT molecular complexity index is 783. The Morgan fingerprint density at radius 3 is 2.81 bits per heavy atom. The molecule has 0 unspecified atom stereocenters. The van der Waals surface area contributed by atoms with Gasteiger partial charge in [-0.05, 0) is 48.7 Å². The van der Waals surface area contributed by atoms with E-state index in [-0.39, 0.29) is 17.5 Å². The van der Waals surface area contributed by atoms with Gasteiger partial charge in [-0.2, -0.15) is 8.78 Å². The first-order chi connectivity index (χ1) is 12.6. The average molecular weight is 362 g/mol. The summed E-state index contributed by atoms with van der Waals surface area (Å²) in [6.07, 6.45) is 0.727. The number of fused-ring (bicyclic) bond motifs is 1. The van der Waals surface area contributed by atoms with Gasteiger partial charge in [0.2, 0.25) is 0 Å². The van der Waals surface area contributed by atoms with Gasteiger partial charge in [0.15, 0.2) is 0 Å². The summed E-state index contributed by atoms with van der Waals surface area (Å²) in [6.45, 7) is 0.513. The Balaban J connectivity index is 1.71. The van der Waals surface area contributed by atoms with Crippen molar-refractivity contribution in [3.05, 3.63) is 53.6 Å². The Kier molecular flexibility index (Phi) is 5.55. The number of urea groups is 1. The maximum absolute atomic E-state index is 12.6. The molecular formula is C19H20F2N2O3. The first-order valence-electron chi connectivity index (χ1n) is 8.41. The highest BCUT2D eigenvalue weighted by atomic mass is 19.3. The van der Waals surface area contributed by atoms with E-state index in [1.54, 1.807) is 17.0 Å². The van der Waals surface area contributed by atoms with Gasteiger partial charge in [0, 0.05) is 13.1 Å². The van der Waals surface area contributed by atoms with E-state index in [0.29, 0.717) is 19.7 Å². The molecule has 138 valence electrons. The number of para-hydroxylation sites is 2. The number of nitrogens with zero attached hydrogens (tertiary/aromatic N) is 1. The van der Waals surface area contributed by atoms with Crippen molar-refractivity contribution >= 4 is 11.7 Å². The van der Waals surface area contributed by atoms with Gasteiger partial charge in [0.1, 0.15) is 11.5 Å². The normalized spacial score (nSPS) is 13.3. The maximum Gasteiger partial charge on any atom is 0.387 e. The molecule has 3 rings (SSSR count). The second kappa shape index (κ2) is 8.03. The van der Waals surface area contributed by atoms with Crippen LogP contribution in [-0.4, -0.2) is 30.7 Å². The summed E-state index contributed by atoms with van der Waals surface area (Å²) in [5.41, 5.74) is 2.42. The van der Waals surface area contributed by atoms with Gasteiger partial charge in [-0.1, -0.05) is 18.2 Å². The van der Waals surface area contributed by atoms with Gasteiger partial charge in [-0.3, -0.25) is 0 Å². The highest BCUT2D eigenvalue weighted by Gasteiger charge is 2.22. The average Bonchev–Trinajstić information content (AvgIpc) is 2.62. The summed E-state index contributed by atoms with van der Waals surface area (Å²) in [7, 11) is 0. The molecule has 7 heteroatoms. The zero-order valence-electron chi connectivity index (χ0n) is 14.4. The molecule has 1 N–H and O–H groups in total. The Morgan fingerprint density at radius 1 is 1.23 bits per heavy atom. The molecule has 2 aromatic carbocycles. The lowest BCUT2D eigenvalue weighted by Crippen LogP contribution is -2.39. The molecule has 5 nitrogen and oxygen atoms in total. The molecule has 0 radical (unpaired) electrons. The molecular weight excluding hydrogens is 342 g/mol. The van der Waals surface area contributed by atoms with Gasteiger partial charge in [0.05, 0.1) is 12.3 Å². The summed E-state index contributed by atoms with van der Waals surface area (Å²) in [6, 6.07) is 11.7. The van der Waals surface area contributed by atoms with Crippen molar-refractivity contribution < 1.29 is 23.0 Å². The van der Waals surface area contributed by atoms with Crippen LogP contribution in [0.4, 0.5) is 19.3 Å². The van der Waals surface area contributed by atoms with Gasteiger partial charge in [0.25, 0.3) is 0 Å². The monoisotopic (exact) mass is 362 g/mol. The van der Waals surface area contributed by atoms with Gasteiger partial charge >= 0.3 is 12.6 Å². The smallest absolute Gasteiger partial charge is 0.387 e. The summed E-state index contributed by atoms with van der Waals surface area (Å²) in [5, 5.41) is 2.65. The number of carbonyl (C=O) groups excluding carboxylic acids is 1. The van der Waals surface area contributed by atoms with Crippen molar-refractivity contribution in [3.63, 3.8) is 0 Å². The highest BCUT2D eigenvalue weighted by molar-refractivity contribution is 5.91. The van der Waals surface area contributed by atoms with Crippen LogP contribution < -0.4 is 14.8 Å². The number of carbonyl (C=O) groups is 1. The number of hydrogen-bond donors (Lipinski definition) is 1. The second-order valence-electron chi connectivity index (χ2n) is 5.84. The van der Waals surface area contributed by atoms with Crippen molar-refractivity contribution in [2.75, 3.05) is 18.5 Å². The Labute approximate surface area is 150 Å². The molecule has 2 amide bonds. The van der Waals surface area contributed by atoms with Gasteiger partial charge < -0.3 is 19.7 Å². The number of halogens is 2. The number of nitrogens with one attached hydrogen (secondary N) is 1. The number of hydrogen-bond acceptors (Lipinski definition) is 3. The molecule has 0 aromatic heterocycles. The van der Waals surface area contributed by atoms with E-state index in [0.717, 1.165) is 17.7 Å². The summed E-state index contributed by atoms with van der Waals surface area (Å²) in [5.74, 6) is 0.705. The van der Waals surface area contributed by atoms with Crippen LogP contribution in [0.25, 0.3) is 0 Å². The third kappa shape index (κ3) is 4.22. The fourth-order valence-corrected chi connectivity index (χ4v) is 2.93. The molecule has 0 fully saturated rings. The van der Waals surface area contributed by atoms with Crippen molar-refractivity contribution in [1.29, 1.82) is 0 Å². The van der Waals surface area contributed by atoms with Crippen LogP contribution in [0.3, 0.4) is 0 Å². The first-order valence-corrected chi connectivity index (χ1v) is 8.41. The number of benzene rings is 2. The summed E-state index contributed by atoms with van der Waals surface area (Å²) in [4.78, 5) is 14.2. The zero-order chi connectivity index (χ0) is 18.5. The largest absolute Gasteiger partial charge is 0.494 e. The Morgan fingerprint density at radius 2 is 2.04 bits per heavy atom. The second-order valence-corrected chi connectivity index (χ2v) is 5.84. The fraction of sp³-hybridized carbons (Fsp3) is 0.316. The molecule has 0 saturated carbocycles. The minimum atomic E-state index is -2.95. The highest BCUT2D eigenvalue weighted by Crippen LogP contribution is 2.28. The van der Waals surface area contributed by atoms with Crippen LogP contribution in [0.5, 0.6) is 11.5 Å². The van der Waals surface area contributed by atoms with E-state index in [9.17, 15) is 13.6 Å². The zero-order valence-corrected chi connectivity index (χ0v) is 14.4. The topological polar surface area (TPSA) is 50.8 Å². The standard InChI is InChI=1S/C19H20F2N2O3/c1-2-25-15-8-7-13-9-10-23(12-14(13)11-15)19(24)22-16-5-3-4-6-17(16)26-18(20)21/h3-8,11,18H,2,9-10,12H2,1H3,(H,22,24). The van der Waals surface area contributed by atoms with Crippen LogP contribution in [0, 0.1) is 0 Å². The quantitative estimate of drug-likeness (QED) is 0.864.